The van der Waals surface area contributed by atoms with Crippen molar-refractivity contribution in [1.29, 1.82) is 0 Å². The Morgan fingerprint density at radius 3 is 1.61 bits per heavy atom. The van der Waals surface area contributed by atoms with E-state index in [9.17, 15) is 0 Å². The first-order valence-electron chi connectivity index (χ1n) is 22.2. The van der Waals surface area contributed by atoms with E-state index in [0.717, 1.165) is 11.4 Å². The summed E-state index contributed by atoms with van der Waals surface area (Å²) in [7, 11) is 0. The van der Waals surface area contributed by atoms with Crippen LogP contribution in [0.2, 0.25) is 0 Å². The Morgan fingerprint density at radius 1 is 0.371 bits per heavy atom. The van der Waals surface area contributed by atoms with Crippen molar-refractivity contribution in [1.82, 2.24) is 0 Å². The molecule has 62 heavy (non-hydrogen) atoms. The van der Waals surface area contributed by atoms with Crippen LogP contribution >= 0.6 is 0 Å². The van der Waals surface area contributed by atoms with Gasteiger partial charge in [-0.2, -0.15) is 0 Å². The third-order valence-corrected chi connectivity index (χ3v) is 13.4. The largest absolute Gasteiger partial charge is 0.309 e. The maximum absolute atomic E-state index is 2.52. The second kappa shape index (κ2) is 14.7. The number of rotatable bonds is 6. The Labute approximate surface area is 368 Å². The summed E-state index contributed by atoms with van der Waals surface area (Å²) in [4.78, 5) is 2.52. The monoisotopic (exact) mass is 801 g/mol. The number of nitrogens with zero attached hydrogens (tertiary/aromatic N) is 1. The van der Waals surface area contributed by atoms with E-state index < -0.39 is 0 Å². The molecule has 1 aliphatic rings. The van der Waals surface area contributed by atoms with Crippen molar-refractivity contribution in [3.05, 3.63) is 210 Å². The summed E-state index contributed by atoms with van der Waals surface area (Å²) in [5, 5.41) is 5.01. The average molecular weight is 802 g/mol. The van der Waals surface area contributed by atoms with E-state index >= 15 is 0 Å². The predicted octanol–water partition coefficient (Wildman–Crippen LogP) is 17.4. The molecule has 0 aliphatic heterocycles. The van der Waals surface area contributed by atoms with Crippen LogP contribution in [-0.4, -0.2) is 0 Å². The quantitative estimate of drug-likeness (QED) is 0.162. The maximum Gasteiger partial charge on any atom is 0.0543 e. The van der Waals surface area contributed by atoms with E-state index in [0.29, 0.717) is 0 Å². The van der Waals surface area contributed by atoms with Crippen molar-refractivity contribution in [3.63, 3.8) is 0 Å². The summed E-state index contributed by atoms with van der Waals surface area (Å²) in [5.74, 6) is 0. The highest BCUT2D eigenvalue weighted by Gasteiger charge is 2.38. The standard InChI is InChI=1S/C61H55N/c1-59(2,3)46-37-45(38-47(39-46)60(4,5)6)49-24-15-20-42-21-16-25-51(57(42)49)50-22-12-14-28-55(50)62(56-29-17-27-54-58(56)52-23-11-13-26-53(52)61(54,7)8)48-34-32-41(33-35-48)44-31-30-40-18-9-10-19-43(40)36-44/h9-39H,1-8H3. The van der Waals surface area contributed by atoms with Crippen LogP contribution in [0.25, 0.3) is 66.1 Å². The van der Waals surface area contributed by atoms with Gasteiger partial charge < -0.3 is 4.90 Å². The molecule has 9 aromatic rings. The van der Waals surface area contributed by atoms with Crippen molar-refractivity contribution in [2.75, 3.05) is 4.90 Å². The SMILES string of the molecule is CC(C)(C)c1cc(-c2cccc3cccc(-c4ccccc4N(c4ccc(-c5ccc6ccccc6c5)cc4)c4cccc5c4-c4ccccc4C5(C)C)c23)cc(C(C)(C)C)c1. The molecule has 0 saturated heterocycles. The van der Waals surface area contributed by atoms with Crippen molar-refractivity contribution in [3.8, 4) is 44.5 Å². The van der Waals surface area contributed by atoms with Gasteiger partial charge in [-0.1, -0.05) is 213 Å². The second-order valence-corrected chi connectivity index (χ2v) is 19.8. The number of benzene rings is 9. The number of hydrogen-bond acceptors (Lipinski definition) is 1. The minimum atomic E-state index is -0.134. The molecule has 1 aliphatic carbocycles. The minimum absolute atomic E-state index is 0.00347. The molecule has 0 radical (unpaired) electrons. The summed E-state index contributed by atoms with van der Waals surface area (Å²) >= 11 is 0. The molecule has 1 nitrogen and oxygen atoms in total. The minimum Gasteiger partial charge on any atom is -0.309 e. The van der Waals surface area contributed by atoms with Crippen molar-refractivity contribution >= 4 is 38.6 Å². The van der Waals surface area contributed by atoms with Gasteiger partial charge in [0, 0.05) is 22.2 Å². The van der Waals surface area contributed by atoms with Gasteiger partial charge in [-0.05, 0) is 118 Å². The Balaban J connectivity index is 1.21. The highest BCUT2D eigenvalue weighted by molar-refractivity contribution is 6.09. The van der Waals surface area contributed by atoms with Gasteiger partial charge in [0.25, 0.3) is 0 Å². The van der Waals surface area contributed by atoms with Crippen LogP contribution in [0.3, 0.4) is 0 Å². The Bertz CT molecular complexity index is 3130. The van der Waals surface area contributed by atoms with Gasteiger partial charge in [0.1, 0.15) is 0 Å². The third kappa shape index (κ3) is 6.72. The Kier molecular flexibility index (Phi) is 9.38. The Hall–Kier alpha value is -6.70. The smallest absolute Gasteiger partial charge is 0.0543 e. The van der Waals surface area contributed by atoms with E-state index in [2.05, 4.69) is 248 Å². The lowest BCUT2D eigenvalue weighted by Gasteiger charge is -2.31. The van der Waals surface area contributed by atoms with E-state index in [1.807, 2.05) is 0 Å². The van der Waals surface area contributed by atoms with Crippen LogP contribution < -0.4 is 4.90 Å². The molecule has 0 atom stereocenters. The molecule has 0 amide bonds. The molecular formula is C61H55N. The van der Waals surface area contributed by atoms with Crippen LogP contribution in [0.5, 0.6) is 0 Å². The van der Waals surface area contributed by atoms with Gasteiger partial charge in [-0.25, -0.2) is 0 Å². The lowest BCUT2D eigenvalue weighted by Crippen LogP contribution is -2.16. The average Bonchev–Trinajstić information content (AvgIpc) is 3.52. The van der Waals surface area contributed by atoms with Gasteiger partial charge >= 0.3 is 0 Å². The van der Waals surface area contributed by atoms with Crippen LogP contribution in [0.4, 0.5) is 17.1 Å². The van der Waals surface area contributed by atoms with Gasteiger partial charge in [0.05, 0.1) is 11.4 Å². The molecule has 304 valence electrons. The van der Waals surface area contributed by atoms with Crippen LogP contribution in [0.1, 0.15) is 77.6 Å². The van der Waals surface area contributed by atoms with E-state index in [1.54, 1.807) is 0 Å². The molecule has 10 rings (SSSR count). The number of hydrogen-bond donors (Lipinski definition) is 0. The van der Waals surface area contributed by atoms with Crippen molar-refractivity contribution in [2.24, 2.45) is 0 Å². The zero-order valence-corrected chi connectivity index (χ0v) is 37.3. The van der Waals surface area contributed by atoms with Gasteiger partial charge in [0.15, 0.2) is 0 Å². The van der Waals surface area contributed by atoms with Crippen LogP contribution in [0, 0.1) is 0 Å². The van der Waals surface area contributed by atoms with Crippen LogP contribution in [0.15, 0.2) is 188 Å². The van der Waals surface area contributed by atoms with Crippen molar-refractivity contribution in [2.45, 2.75) is 71.6 Å². The highest BCUT2D eigenvalue weighted by atomic mass is 15.1. The summed E-state index contributed by atoms with van der Waals surface area (Å²) < 4.78 is 0. The van der Waals surface area contributed by atoms with Crippen molar-refractivity contribution < 1.29 is 0 Å². The second-order valence-electron chi connectivity index (χ2n) is 19.8. The molecule has 1 heteroatoms. The van der Waals surface area contributed by atoms with E-state index in [-0.39, 0.29) is 16.2 Å². The van der Waals surface area contributed by atoms with E-state index in [1.165, 1.54) is 94.0 Å². The topological polar surface area (TPSA) is 3.24 Å². The molecule has 9 aromatic carbocycles. The molecule has 0 spiro atoms. The van der Waals surface area contributed by atoms with Crippen LogP contribution in [-0.2, 0) is 16.2 Å². The van der Waals surface area contributed by atoms with Gasteiger partial charge in [0.2, 0.25) is 0 Å². The first-order valence-corrected chi connectivity index (χ1v) is 22.2. The molecular weight excluding hydrogens is 747 g/mol. The first kappa shape index (κ1) is 39.4. The fourth-order valence-electron chi connectivity index (χ4n) is 9.85. The fraction of sp³-hybridized carbons (Fsp3) is 0.180. The third-order valence-electron chi connectivity index (χ3n) is 13.4. The molecule has 0 N–H and O–H groups in total. The summed E-state index contributed by atoms with van der Waals surface area (Å²) in [6.07, 6.45) is 0. The molecule has 0 fully saturated rings. The maximum atomic E-state index is 2.52. The summed E-state index contributed by atoms with van der Waals surface area (Å²) in [5.41, 5.74) is 18.7. The fourth-order valence-corrected chi connectivity index (χ4v) is 9.85. The molecule has 0 aromatic heterocycles. The zero-order valence-electron chi connectivity index (χ0n) is 37.3. The molecule has 0 saturated carbocycles. The number of fused-ring (bicyclic) bond motifs is 5. The zero-order chi connectivity index (χ0) is 43.0. The van der Waals surface area contributed by atoms with Gasteiger partial charge in [-0.15, -0.1) is 0 Å². The number of anilines is 3. The Morgan fingerprint density at radius 2 is 0.903 bits per heavy atom. The lowest BCUT2D eigenvalue weighted by molar-refractivity contribution is 0.569. The predicted molar refractivity (Wildman–Crippen MR) is 267 cm³/mol. The summed E-state index contributed by atoms with van der Waals surface area (Å²) in [6.45, 7) is 18.7. The van der Waals surface area contributed by atoms with Gasteiger partial charge in [-0.3, -0.25) is 0 Å². The lowest BCUT2D eigenvalue weighted by atomic mass is 9.78. The number of para-hydroxylation sites is 1. The first-order chi connectivity index (χ1) is 29.8. The molecule has 0 bridgehead atoms. The normalized spacial score (nSPS) is 13.3. The summed E-state index contributed by atoms with van der Waals surface area (Å²) in [6, 6.07) is 70.5. The molecule has 0 unspecified atom stereocenters. The molecule has 0 heterocycles. The highest BCUT2D eigenvalue weighted by Crippen LogP contribution is 2.55. The van der Waals surface area contributed by atoms with E-state index in [4.69, 9.17) is 0 Å².